The van der Waals surface area contributed by atoms with Gasteiger partial charge in [-0.1, -0.05) is 19.6 Å². The number of aromatic nitrogens is 2. The van der Waals surface area contributed by atoms with Crippen molar-refractivity contribution >= 4 is 35.6 Å². The first-order chi connectivity index (χ1) is 16.5. The van der Waals surface area contributed by atoms with Gasteiger partial charge in [0.15, 0.2) is 0 Å². The van der Waals surface area contributed by atoms with Gasteiger partial charge < -0.3 is 14.9 Å². The number of benzene rings is 1. The minimum atomic E-state index is -3.54. The standard InChI is InChI=1S/C24H32N4O5SSi/c1-34(29,30)32-17-20-15-21-7-10-23(16-28(21)27-20)33-22-8-5-19(6-9-22)24(11-12-25)26-18-31-13-14-35(2,3)4/h5-10,12,15-16,25H,11,13-14,17-18H2,1-4H3. The number of pyridine rings is 1. The molecule has 35 heavy (non-hydrogen) atoms. The average molecular weight is 517 g/mol. The number of nitrogens with zero attached hydrogens (tertiary/aromatic N) is 3. The molecule has 0 unspecified atom stereocenters. The largest absolute Gasteiger partial charge is 0.456 e. The molecule has 0 aliphatic rings. The molecule has 2 aromatic heterocycles. The van der Waals surface area contributed by atoms with Gasteiger partial charge in [0.1, 0.15) is 24.8 Å². The molecule has 1 aromatic carbocycles. The fourth-order valence-corrected chi connectivity index (χ4v) is 4.20. The molecule has 11 heteroatoms. The lowest BCUT2D eigenvalue weighted by Crippen LogP contribution is -2.21. The van der Waals surface area contributed by atoms with E-state index in [9.17, 15) is 8.42 Å². The first-order valence-electron chi connectivity index (χ1n) is 11.2. The van der Waals surface area contributed by atoms with Crippen LogP contribution in [0, 0.1) is 5.41 Å². The van der Waals surface area contributed by atoms with Gasteiger partial charge in [0, 0.05) is 27.3 Å². The molecule has 0 radical (unpaired) electrons. The number of ether oxygens (including phenoxy) is 2. The van der Waals surface area contributed by atoms with Crippen LogP contribution < -0.4 is 4.74 Å². The molecular weight excluding hydrogens is 484 g/mol. The van der Waals surface area contributed by atoms with Gasteiger partial charge in [0.2, 0.25) is 0 Å². The van der Waals surface area contributed by atoms with Crippen molar-refractivity contribution in [3.63, 3.8) is 0 Å². The fraction of sp³-hybridized carbons (Fsp3) is 0.375. The Bertz CT molecular complexity index is 1280. The Kier molecular flexibility index (Phi) is 8.95. The van der Waals surface area contributed by atoms with E-state index in [1.807, 2.05) is 36.4 Å². The van der Waals surface area contributed by atoms with Crippen LogP contribution in [-0.4, -0.2) is 57.6 Å². The zero-order chi connectivity index (χ0) is 25.5. The van der Waals surface area contributed by atoms with Gasteiger partial charge in [-0.05, 0) is 54.1 Å². The molecule has 0 spiro atoms. The summed E-state index contributed by atoms with van der Waals surface area (Å²) in [5, 5.41) is 11.8. The van der Waals surface area contributed by atoms with Crippen molar-refractivity contribution in [3.05, 3.63) is 59.9 Å². The number of rotatable bonds is 13. The van der Waals surface area contributed by atoms with Crippen LogP contribution in [0.15, 0.2) is 53.7 Å². The minimum absolute atomic E-state index is 0.124. The Morgan fingerprint density at radius 1 is 1.14 bits per heavy atom. The van der Waals surface area contributed by atoms with Crippen LogP contribution >= 0.6 is 0 Å². The predicted octanol–water partition coefficient (Wildman–Crippen LogP) is 4.74. The molecule has 0 fully saturated rings. The topological polar surface area (TPSA) is 115 Å². The van der Waals surface area contributed by atoms with Crippen LogP contribution in [0.5, 0.6) is 11.5 Å². The third kappa shape index (κ3) is 9.02. The van der Waals surface area contributed by atoms with E-state index in [4.69, 9.17) is 19.1 Å². The highest BCUT2D eigenvalue weighted by atomic mass is 32.2. The van der Waals surface area contributed by atoms with Gasteiger partial charge >= 0.3 is 0 Å². The van der Waals surface area contributed by atoms with Crippen molar-refractivity contribution < 1.29 is 22.1 Å². The van der Waals surface area contributed by atoms with E-state index in [0.29, 0.717) is 30.2 Å². The number of hydrogen-bond donors (Lipinski definition) is 1. The highest BCUT2D eigenvalue weighted by molar-refractivity contribution is 7.85. The SMILES string of the molecule is C[Si](C)(C)CCOCN=C(CC=N)c1ccc(Oc2ccc3cc(COS(C)(=O)=O)nn3c2)cc1. The maximum atomic E-state index is 11.2. The van der Waals surface area contributed by atoms with E-state index >= 15 is 0 Å². The van der Waals surface area contributed by atoms with Crippen LogP contribution in [0.25, 0.3) is 5.52 Å². The van der Waals surface area contributed by atoms with Crippen LogP contribution in [0.3, 0.4) is 0 Å². The highest BCUT2D eigenvalue weighted by Gasteiger charge is 2.12. The first-order valence-corrected chi connectivity index (χ1v) is 16.8. The summed E-state index contributed by atoms with van der Waals surface area (Å²) in [6, 6.07) is 14.0. The number of hydrogen-bond acceptors (Lipinski definition) is 8. The van der Waals surface area contributed by atoms with E-state index < -0.39 is 18.2 Å². The van der Waals surface area contributed by atoms with E-state index in [-0.39, 0.29) is 13.3 Å². The second kappa shape index (κ2) is 11.7. The smallest absolute Gasteiger partial charge is 0.264 e. The molecule has 0 atom stereocenters. The highest BCUT2D eigenvalue weighted by Crippen LogP contribution is 2.23. The quantitative estimate of drug-likeness (QED) is 0.152. The van der Waals surface area contributed by atoms with Gasteiger partial charge in [0.25, 0.3) is 10.1 Å². The molecule has 2 heterocycles. The van der Waals surface area contributed by atoms with Crippen molar-refractivity contribution in [1.82, 2.24) is 9.61 Å². The fourth-order valence-electron chi connectivity index (χ4n) is 3.11. The van der Waals surface area contributed by atoms with Gasteiger partial charge in [-0.15, -0.1) is 0 Å². The summed E-state index contributed by atoms with van der Waals surface area (Å²) in [4.78, 5) is 4.54. The molecule has 3 aromatic rings. The molecule has 0 saturated heterocycles. The van der Waals surface area contributed by atoms with E-state index in [2.05, 4.69) is 29.7 Å². The number of nitrogens with one attached hydrogen (secondary N) is 1. The molecule has 0 aliphatic heterocycles. The summed E-state index contributed by atoms with van der Waals surface area (Å²) in [5.41, 5.74) is 2.99. The molecule has 9 nitrogen and oxygen atoms in total. The maximum absolute atomic E-state index is 11.2. The average Bonchev–Trinajstić information content (AvgIpc) is 3.18. The molecule has 0 saturated carbocycles. The van der Waals surface area contributed by atoms with E-state index in [1.54, 1.807) is 16.8 Å². The predicted molar refractivity (Wildman–Crippen MR) is 140 cm³/mol. The Labute approximate surface area is 207 Å². The second-order valence-corrected chi connectivity index (χ2v) is 16.6. The summed E-state index contributed by atoms with van der Waals surface area (Å²) in [6.45, 7) is 7.80. The second-order valence-electron chi connectivity index (χ2n) is 9.32. The molecule has 0 amide bonds. The van der Waals surface area contributed by atoms with Crippen LogP contribution in [-0.2, 0) is 25.6 Å². The number of fused-ring (bicyclic) bond motifs is 1. The summed E-state index contributed by atoms with van der Waals surface area (Å²) in [7, 11) is -4.67. The van der Waals surface area contributed by atoms with Crippen molar-refractivity contribution in [2.24, 2.45) is 4.99 Å². The number of aliphatic imine (C=N–C) groups is 1. The Morgan fingerprint density at radius 3 is 2.51 bits per heavy atom. The minimum Gasteiger partial charge on any atom is -0.456 e. The van der Waals surface area contributed by atoms with E-state index in [1.165, 1.54) is 6.21 Å². The molecule has 188 valence electrons. The Morgan fingerprint density at radius 2 is 1.86 bits per heavy atom. The zero-order valence-corrected chi connectivity index (χ0v) is 22.3. The molecule has 3 rings (SSSR count). The summed E-state index contributed by atoms with van der Waals surface area (Å²) in [5.74, 6) is 1.22. The van der Waals surface area contributed by atoms with Crippen LogP contribution in [0.2, 0.25) is 25.7 Å². The summed E-state index contributed by atoms with van der Waals surface area (Å²) >= 11 is 0. The van der Waals surface area contributed by atoms with Crippen molar-refractivity contribution in [2.45, 2.75) is 38.7 Å². The van der Waals surface area contributed by atoms with Crippen LogP contribution in [0.1, 0.15) is 17.7 Å². The van der Waals surface area contributed by atoms with Crippen molar-refractivity contribution in [3.8, 4) is 11.5 Å². The summed E-state index contributed by atoms with van der Waals surface area (Å²) in [6.07, 6.45) is 4.48. The monoisotopic (exact) mass is 516 g/mol. The van der Waals surface area contributed by atoms with Gasteiger partial charge in [-0.3, -0.25) is 9.18 Å². The van der Waals surface area contributed by atoms with E-state index in [0.717, 1.165) is 29.1 Å². The lowest BCUT2D eigenvalue weighted by Gasteiger charge is -2.14. The van der Waals surface area contributed by atoms with Gasteiger partial charge in [-0.25, -0.2) is 4.52 Å². The Hall–Kier alpha value is -2.86. The van der Waals surface area contributed by atoms with Crippen molar-refractivity contribution in [1.29, 1.82) is 5.41 Å². The first kappa shape index (κ1) is 26.7. The molecule has 1 N–H and O–H groups in total. The lowest BCUT2D eigenvalue weighted by molar-refractivity contribution is 0.155. The Balaban J connectivity index is 1.63. The van der Waals surface area contributed by atoms with Crippen molar-refractivity contribution in [2.75, 3.05) is 19.6 Å². The van der Waals surface area contributed by atoms with Gasteiger partial charge in [0.05, 0.1) is 29.4 Å². The molecule has 0 aliphatic carbocycles. The summed E-state index contributed by atoms with van der Waals surface area (Å²) < 4.78 is 40.4. The normalized spacial score (nSPS) is 12.7. The third-order valence-corrected chi connectivity index (χ3v) is 7.22. The molecule has 0 bridgehead atoms. The van der Waals surface area contributed by atoms with Crippen LogP contribution in [0.4, 0.5) is 0 Å². The third-order valence-electron chi connectivity index (χ3n) is 4.97. The zero-order valence-electron chi connectivity index (χ0n) is 20.5. The maximum Gasteiger partial charge on any atom is 0.264 e. The molecular formula is C24H32N4O5SSi. The lowest BCUT2D eigenvalue weighted by atomic mass is 10.1. The van der Waals surface area contributed by atoms with Gasteiger partial charge in [-0.2, -0.15) is 13.5 Å².